The summed E-state index contributed by atoms with van der Waals surface area (Å²) in [5, 5.41) is 0.962. The van der Waals surface area contributed by atoms with E-state index in [1.165, 1.54) is 14.2 Å². The molecule has 25 heavy (non-hydrogen) atoms. The van der Waals surface area contributed by atoms with Gasteiger partial charge in [-0.15, -0.1) is 0 Å². The van der Waals surface area contributed by atoms with Crippen LogP contribution in [0.25, 0.3) is 22.0 Å². The number of carbonyl (C=O) groups is 2. The molecule has 5 nitrogen and oxygen atoms in total. The van der Waals surface area contributed by atoms with E-state index in [-0.39, 0.29) is 0 Å². The first-order chi connectivity index (χ1) is 12.1. The number of esters is 2. The summed E-state index contributed by atoms with van der Waals surface area (Å²) >= 11 is 0. The maximum absolute atomic E-state index is 12.3. The Morgan fingerprint density at radius 3 is 2.04 bits per heavy atom. The number of hydrogen-bond acceptors (Lipinski definition) is 4. The third kappa shape index (κ3) is 2.78. The lowest BCUT2D eigenvalue weighted by Crippen LogP contribution is -2.30. The molecule has 0 fully saturated rings. The highest BCUT2D eigenvalue weighted by atomic mass is 16.5. The van der Waals surface area contributed by atoms with Gasteiger partial charge < -0.3 is 14.0 Å². The van der Waals surface area contributed by atoms with Crippen LogP contribution in [0.2, 0.25) is 0 Å². The summed E-state index contributed by atoms with van der Waals surface area (Å²) in [5.41, 5.74) is 3.57. The zero-order valence-corrected chi connectivity index (χ0v) is 14.4. The van der Waals surface area contributed by atoms with Crippen molar-refractivity contribution in [2.24, 2.45) is 0 Å². The van der Waals surface area contributed by atoms with E-state index in [2.05, 4.69) is 0 Å². The SMILES string of the molecule is COC(=O)C(C(=O)OC)n1c(C)c(-c2ccccc2)c2ccccc21. The molecule has 0 N–H and O–H groups in total. The van der Waals surface area contributed by atoms with Crippen molar-refractivity contribution in [2.75, 3.05) is 14.2 Å². The highest BCUT2D eigenvalue weighted by molar-refractivity contribution is 6.03. The molecule has 0 saturated carbocycles. The van der Waals surface area contributed by atoms with Gasteiger partial charge in [-0.1, -0.05) is 48.5 Å². The van der Waals surface area contributed by atoms with Crippen LogP contribution in [0.15, 0.2) is 54.6 Å². The Kier molecular flexibility index (Phi) is 4.57. The minimum Gasteiger partial charge on any atom is -0.467 e. The molecular weight excluding hydrogens is 318 g/mol. The van der Waals surface area contributed by atoms with Gasteiger partial charge in [-0.05, 0) is 18.6 Å². The third-order valence-electron chi connectivity index (χ3n) is 4.33. The van der Waals surface area contributed by atoms with Crippen LogP contribution in [0.5, 0.6) is 0 Å². The first kappa shape index (κ1) is 16.8. The lowest BCUT2D eigenvalue weighted by molar-refractivity contribution is -0.157. The minimum atomic E-state index is -1.18. The maximum atomic E-state index is 12.3. The molecule has 0 spiro atoms. The Hall–Kier alpha value is -3.08. The summed E-state index contributed by atoms with van der Waals surface area (Å²) in [6.45, 7) is 1.89. The first-order valence-corrected chi connectivity index (χ1v) is 7.90. The minimum absolute atomic E-state index is 0.657. The fraction of sp³-hybridized carbons (Fsp3) is 0.200. The molecule has 0 bridgehead atoms. The Bertz CT molecular complexity index is 912. The van der Waals surface area contributed by atoms with Crippen LogP contribution < -0.4 is 0 Å². The van der Waals surface area contributed by atoms with Crippen molar-refractivity contribution in [2.45, 2.75) is 13.0 Å². The zero-order valence-electron chi connectivity index (χ0n) is 14.4. The summed E-state index contributed by atoms with van der Waals surface area (Å²) in [5.74, 6) is -1.31. The maximum Gasteiger partial charge on any atom is 0.340 e. The second kappa shape index (κ2) is 6.81. The Morgan fingerprint density at radius 1 is 0.880 bits per heavy atom. The van der Waals surface area contributed by atoms with E-state index in [4.69, 9.17) is 9.47 Å². The van der Waals surface area contributed by atoms with Gasteiger partial charge in [0.15, 0.2) is 0 Å². The molecule has 0 aliphatic carbocycles. The number of methoxy groups -OCH3 is 2. The highest BCUT2D eigenvalue weighted by Crippen LogP contribution is 2.36. The van der Waals surface area contributed by atoms with Gasteiger partial charge in [0, 0.05) is 16.6 Å². The zero-order chi connectivity index (χ0) is 18.0. The Labute approximate surface area is 145 Å². The van der Waals surface area contributed by atoms with Crippen molar-refractivity contribution < 1.29 is 19.1 Å². The molecule has 0 atom stereocenters. The van der Waals surface area contributed by atoms with Crippen LogP contribution in [0.4, 0.5) is 0 Å². The summed E-state index contributed by atoms with van der Waals surface area (Å²) in [7, 11) is 2.52. The number of fused-ring (bicyclic) bond motifs is 1. The predicted molar refractivity (Wildman–Crippen MR) is 95.2 cm³/mol. The van der Waals surface area contributed by atoms with E-state index < -0.39 is 18.0 Å². The van der Waals surface area contributed by atoms with Gasteiger partial charge in [0.2, 0.25) is 6.04 Å². The van der Waals surface area contributed by atoms with Crippen LogP contribution in [-0.4, -0.2) is 30.7 Å². The van der Waals surface area contributed by atoms with Crippen LogP contribution in [0, 0.1) is 6.92 Å². The van der Waals surface area contributed by atoms with E-state index in [9.17, 15) is 9.59 Å². The van der Waals surface area contributed by atoms with E-state index in [0.717, 1.165) is 27.7 Å². The van der Waals surface area contributed by atoms with Gasteiger partial charge in [-0.3, -0.25) is 0 Å². The monoisotopic (exact) mass is 337 g/mol. The molecule has 0 aliphatic heterocycles. The average Bonchev–Trinajstić information content (AvgIpc) is 2.94. The van der Waals surface area contributed by atoms with Gasteiger partial charge >= 0.3 is 11.9 Å². The smallest absolute Gasteiger partial charge is 0.340 e. The second-order valence-corrected chi connectivity index (χ2v) is 5.66. The lowest BCUT2D eigenvalue weighted by atomic mass is 10.0. The van der Waals surface area contributed by atoms with Crippen LogP contribution in [-0.2, 0) is 19.1 Å². The molecule has 0 aliphatic rings. The van der Waals surface area contributed by atoms with Crippen molar-refractivity contribution in [1.29, 1.82) is 0 Å². The molecule has 0 unspecified atom stereocenters. The highest BCUT2D eigenvalue weighted by Gasteiger charge is 2.34. The molecule has 0 radical (unpaired) electrons. The van der Waals surface area contributed by atoms with Crippen molar-refractivity contribution >= 4 is 22.8 Å². The van der Waals surface area contributed by atoms with Gasteiger partial charge in [-0.2, -0.15) is 0 Å². The van der Waals surface area contributed by atoms with Gasteiger partial charge in [0.25, 0.3) is 0 Å². The second-order valence-electron chi connectivity index (χ2n) is 5.66. The van der Waals surface area contributed by atoms with Crippen molar-refractivity contribution in [3.05, 3.63) is 60.3 Å². The summed E-state index contributed by atoms with van der Waals surface area (Å²) in [6, 6.07) is 16.4. The molecular formula is C20H19NO4. The number of ether oxygens (including phenoxy) is 2. The molecule has 0 amide bonds. The third-order valence-corrected chi connectivity index (χ3v) is 4.33. The van der Waals surface area contributed by atoms with Gasteiger partial charge in [0.1, 0.15) is 0 Å². The van der Waals surface area contributed by atoms with E-state index >= 15 is 0 Å². The number of rotatable bonds is 4. The summed E-state index contributed by atoms with van der Waals surface area (Å²) in [4.78, 5) is 24.6. The normalized spacial score (nSPS) is 10.9. The molecule has 2 aromatic carbocycles. The largest absolute Gasteiger partial charge is 0.467 e. The first-order valence-electron chi connectivity index (χ1n) is 7.90. The topological polar surface area (TPSA) is 57.5 Å². The van der Waals surface area contributed by atoms with Crippen LogP contribution in [0.1, 0.15) is 11.7 Å². The Morgan fingerprint density at radius 2 is 1.44 bits per heavy atom. The summed E-state index contributed by atoms with van der Waals surface area (Å²) < 4.78 is 11.4. The number of para-hydroxylation sites is 1. The molecule has 3 aromatic rings. The fourth-order valence-electron chi connectivity index (χ4n) is 3.22. The molecule has 3 rings (SSSR count). The van der Waals surface area contributed by atoms with Crippen molar-refractivity contribution in [3.8, 4) is 11.1 Å². The lowest BCUT2D eigenvalue weighted by Gasteiger charge is -2.17. The Balaban J connectivity index is 2.34. The quantitative estimate of drug-likeness (QED) is 0.540. The van der Waals surface area contributed by atoms with Crippen molar-refractivity contribution in [1.82, 2.24) is 4.57 Å². The molecule has 5 heteroatoms. The van der Waals surface area contributed by atoms with Gasteiger partial charge in [-0.25, -0.2) is 9.59 Å². The van der Waals surface area contributed by atoms with E-state index in [1.807, 2.05) is 61.5 Å². The number of benzene rings is 2. The predicted octanol–water partition coefficient (Wildman–Crippen LogP) is 3.50. The number of hydrogen-bond donors (Lipinski definition) is 0. The van der Waals surface area contributed by atoms with Crippen molar-refractivity contribution in [3.63, 3.8) is 0 Å². The number of nitrogens with zero attached hydrogens (tertiary/aromatic N) is 1. The molecule has 1 aromatic heterocycles. The van der Waals surface area contributed by atoms with Crippen LogP contribution >= 0.6 is 0 Å². The number of aromatic nitrogens is 1. The standard InChI is InChI=1S/C20H19NO4/c1-13-17(14-9-5-4-6-10-14)15-11-7-8-12-16(15)21(13)18(19(22)24-2)20(23)25-3/h4-12,18H,1-3H3. The van der Waals surface area contributed by atoms with E-state index in [1.54, 1.807) is 4.57 Å². The van der Waals surface area contributed by atoms with Gasteiger partial charge in [0.05, 0.1) is 19.7 Å². The average molecular weight is 337 g/mol. The molecule has 0 saturated heterocycles. The summed E-state index contributed by atoms with van der Waals surface area (Å²) in [6.07, 6.45) is 0. The fourth-order valence-corrected chi connectivity index (χ4v) is 3.22. The van der Waals surface area contributed by atoms with Crippen LogP contribution in [0.3, 0.4) is 0 Å². The molecule has 128 valence electrons. The molecule has 1 heterocycles. The van der Waals surface area contributed by atoms with E-state index in [0.29, 0.717) is 0 Å². The number of carbonyl (C=O) groups excluding carboxylic acids is 2.